The fourth-order valence-electron chi connectivity index (χ4n) is 1.93. The van der Waals surface area contributed by atoms with Crippen LogP contribution >= 0.6 is 23.2 Å². The SMILES string of the molecule is CCCCCC(C)(O)Cc1ccc(Cl)c(Cl)c1. The molecule has 1 unspecified atom stereocenters. The molecule has 1 nitrogen and oxygen atoms in total. The Bertz CT molecular complexity index is 361. The zero-order valence-electron chi connectivity index (χ0n) is 10.5. The molecule has 0 radical (unpaired) electrons. The van der Waals surface area contributed by atoms with Crippen molar-refractivity contribution in [3.05, 3.63) is 33.8 Å². The molecule has 0 fully saturated rings. The lowest BCUT2D eigenvalue weighted by atomic mass is 9.91. The van der Waals surface area contributed by atoms with Gasteiger partial charge in [0.25, 0.3) is 0 Å². The summed E-state index contributed by atoms with van der Waals surface area (Å²) in [6.07, 6.45) is 4.83. The van der Waals surface area contributed by atoms with Crippen molar-refractivity contribution in [2.45, 2.75) is 51.6 Å². The highest BCUT2D eigenvalue weighted by Crippen LogP contribution is 2.26. The van der Waals surface area contributed by atoms with Gasteiger partial charge in [0.05, 0.1) is 15.6 Å². The molecule has 1 N–H and O–H groups in total. The van der Waals surface area contributed by atoms with Gasteiger partial charge in [-0.15, -0.1) is 0 Å². The second-order valence-corrected chi connectivity index (χ2v) is 5.69. The molecule has 1 atom stereocenters. The van der Waals surface area contributed by atoms with Gasteiger partial charge in [-0.3, -0.25) is 0 Å². The van der Waals surface area contributed by atoms with Crippen LogP contribution in [0.3, 0.4) is 0 Å². The third-order valence-electron chi connectivity index (χ3n) is 2.89. The van der Waals surface area contributed by atoms with Gasteiger partial charge in [-0.05, 0) is 31.0 Å². The van der Waals surface area contributed by atoms with E-state index in [2.05, 4.69) is 6.92 Å². The molecule has 0 aliphatic heterocycles. The predicted octanol–water partition coefficient (Wildman–Crippen LogP) is 4.87. The first-order valence-electron chi connectivity index (χ1n) is 6.11. The number of hydrogen-bond donors (Lipinski definition) is 1. The van der Waals surface area contributed by atoms with Gasteiger partial charge < -0.3 is 5.11 Å². The smallest absolute Gasteiger partial charge is 0.0660 e. The highest BCUT2D eigenvalue weighted by atomic mass is 35.5. The number of hydrogen-bond acceptors (Lipinski definition) is 1. The van der Waals surface area contributed by atoms with Crippen molar-refractivity contribution in [1.29, 1.82) is 0 Å². The van der Waals surface area contributed by atoms with Gasteiger partial charge in [0.2, 0.25) is 0 Å². The molecule has 0 spiro atoms. The summed E-state index contributed by atoms with van der Waals surface area (Å²) in [6.45, 7) is 4.04. The van der Waals surface area contributed by atoms with Gasteiger partial charge in [0.15, 0.2) is 0 Å². The molecule has 0 saturated heterocycles. The van der Waals surface area contributed by atoms with Crippen molar-refractivity contribution in [1.82, 2.24) is 0 Å². The fourth-order valence-corrected chi connectivity index (χ4v) is 2.25. The van der Waals surface area contributed by atoms with Crippen molar-refractivity contribution in [3.63, 3.8) is 0 Å². The van der Waals surface area contributed by atoms with Crippen LogP contribution in [-0.2, 0) is 6.42 Å². The Morgan fingerprint density at radius 1 is 1.18 bits per heavy atom. The van der Waals surface area contributed by atoms with Gasteiger partial charge in [-0.1, -0.05) is 55.5 Å². The lowest BCUT2D eigenvalue weighted by molar-refractivity contribution is 0.0486. The number of rotatable bonds is 6. The van der Waals surface area contributed by atoms with E-state index < -0.39 is 5.60 Å². The minimum Gasteiger partial charge on any atom is -0.390 e. The van der Waals surface area contributed by atoms with Gasteiger partial charge in [0.1, 0.15) is 0 Å². The summed E-state index contributed by atoms with van der Waals surface area (Å²) in [5.41, 5.74) is 0.368. The van der Waals surface area contributed by atoms with E-state index in [0.29, 0.717) is 16.5 Å². The van der Waals surface area contributed by atoms with Crippen LogP contribution < -0.4 is 0 Å². The molecule has 0 aliphatic rings. The molecule has 96 valence electrons. The molecule has 17 heavy (non-hydrogen) atoms. The molecule has 0 aliphatic carbocycles. The minimum absolute atomic E-state index is 0.550. The van der Waals surface area contributed by atoms with Crippen LogP contribution in [-0.4, -0.2) is 10.7 Å². The summed E-state index contributed by atoms with van der Waals surface area (Å²) in [5.74, 6) is 0. The van der Waals surface area contributed by atoms with Gasteiger partial charge in [-0.2, -0.15) is 0 Å². The van der Waals surface area contributed by atoms with Crippen molar-refractivity contribution < 1.29 is 5.11 Å². The highest BCUT2D eigenvalue weighted by molar-refractivity contribution is 6.42. The molecule has 1 aromatic rings. The van der Waals surface area contributed by atoms with Crippen LogP contribution in [0.2, 0.25) is 10.0 Å². The third kappa shape index (κ3) is 5.29. The van der Waals surface area contributed by atoms with Crippen LogP contribution in [0.25, 0.3) is 0 Å². The Labute approximate surface area is 114 Å². The zero-order chi connectivity index (χ0) is 12.9. The molecule has 0 amide bonds. The topological polar surface area (TPSA) is 20.2 Å². The van der Waals surface area contributed by atoms with Crippen LogP contribution in [0.15, 0.2) is 18.2 Å². The molecule has 1 rings (SSSR count). The summed E-state index contributed by atoms with van der Waals surface area (Å²) in [7, 11) is 0. The number of benzene rings is 1. The van der Waals surface area contributed by atoms with E-state index in [1.165, 1.54) is 6.42 Å². The van der Waals surface area contributed by atoms with E-state index in [1.54, 1.807) is 6.07 Å². The van der Waals surface area contributed by atoms with E-state index in [4.69, 9.17) is 23.2 Å². The standard InChI is InChI=1S/C14H20Cl2O/c1-3-4-5-8-14(2,17)10-11-6-7-12(15)13(16)9-11/h6-7,9,17H,3-5,8,10H2,1-2H3. The number of aliphatic hydroxyl groups is 1. The Hall–Kier alpha value is -0.240. The van der Waals surface area contributed by atoms with Crippen molar-refractivity contribution in [3.8, 4) is 0 Å². The fraction of sp³-hybridized carbons (Fsp3) is 0.571. The second-order valence-electron chi connectivity index (χ2n) is 4.88. The van der Waals surface area contributed by atoms with E-state index in [9.17, 15) is 5.11 Å². The Kier molecular flexibility index (Phi) is 5.78. The minimum atomic E-state index is -0.660. The molecule has 0 saturated carbocycles. The molecular weight excluding hydrogens is 255 g/mol. The molecule has 3 heteroatoms. The van der Waals surface area contributed by atoms with Crippen molar-refractivity contribution >= 4 is 23.2 Å². The number of halogens is 2. The summed E-state index contributed by atoms with van der Waals surface area (Å²) in [6, 6.07) is 5.53. The summed E-state index contributed by atoms with van der Waals surface area (Å²) in [4.78, 5) is 0. The highest BCUT2D eigenvalue weighted by Gasteiger charge is 2.20. The monoisotopic (exact) mass is 274 g/mol. The zero-order valence-corrected chi connectivity index (χ0v) is 12.0. The summed E-state index contributed by atoms with van der Waals surface area (Å²) >= 11 is 11.8. The quantitative estimate of drug-likeness (QED) is 0.734. The average Bonchev–Trinajstić information content (AvgIpc) is 2.23. The summed E-state index contributed by atoms with van der Waals surface area (Å²) < 4.78 is 0. The van der Waals surface area contributed by atoms with Gasteiger partial charge >= 0.3 is 0 Å². The van der Waals surface area contributed by atoms with Crippen LogP contribution in [0.5, 0.6) is 0 Å². The Morgan fingerprint density at radius 3 is 2.47 bits per heavy atom. The molecule has 0 bridgehead atoms. The first-order chi connectivity index (χ1) is 7.94. The second kappa shape index (κ2) is 6.63. The maximum atomic E-state index is 10.3. The van der Waals surface area contributed by atoms with E-state index >= 15 is 0 Å². The lowest BCUT2D eigenvalue weighted by Crippen LogP contribution is -2.27. The van der Waals surface area contributed by atoms with Crippen LogP contribution in [0.1, 0.15) is 45.1 Å². The van der Waals surface area contributed by atoms with Crippen LogP contribution in [0.4, 0.5) is 0 Å². The molecule has 0 aromatic heterocycles. The molecule has 0 heterocycles. The lowest BCUT2D eigenvalue weighted by Gasteiger charge is -2.23. The summed E-state index contributed by atoms with van der Waals surface area (Å²) in [5, 5.41) is 11.4. The van der Waals surface area contributed by atoms with Crippen LogP contribution in [0, 0.1) is 0 Å². The Balaban J connectivity index is 2.59. The van der Waals surface area contributed by atoms with Crippen molar-refractivity contribution in [2.24, 2.45) is 0 Å². The average molecular weight is 275 g/mol. The van der Waals surface area contributed by atoms with E-state index in [1.807, 2.05) is 19.1 Å². The molecule has 1 aromatic carbocycles. The van der Waals surface area contributed by atoms with E-state index in [0.717, 1.165) is 24.8 Å². The maximum absolute atomic E-state index is 10.3. The van der Waals surface area contributed by atoms with E-state index in [-0.39, 0.29) is 0 Å². The number of unbranched alkanes of at least 4 members (excludes halogenated alkanes) is 2. The maximum Gasteiger partial charge on any atom is 0.0660 e. The van der Waals surface area contributed by atoms with Gasteiger partial charge in [0, 0.05) is 6.42 Å². The molecular formula is C14H20Cl2O. The Morgan fingerprint density at radius 2 is 1.88 bits per heavy atom. The first kappa shape index (κ1) is 14.8. The predicted molar refractivity (Wildman–Crippen MR) is 74.9 cm³/mol. The largest absolute Gasteiger partial charge is 0.390 e. The van der Waals surface area contributed by atoms with Crippen molar-refractivity contribution in [2.75, 3.05) is 0 Å². The third-order valence-corrected chi connectivity index (χ3v) is 3.63. The normalized spacial score (nSPS) is 14.6. The first-order valence-corrected chi connectivity index (χ1v) is 6.86. The van der Waals surface area contributed by atoms with Gasteiger partial charge in [-0.25, -0.2) is 0 Å².